The molecule has 1 atom stereocenters. The minimum absolute atomic E-state index is 0.00813. The van der Waals surface area contributed by atoms with Gasteiger partial charge in [-0.15, -0.1) is 0 Å². The molecule has 2 heterocycles. The first-order valence-electron chi connectivity index (χ1n) is 15.9. The van der Waals surface area contributed by atoms with Crippen LogP contribution in [0, 0.1) is 11.6 Å². The van der Waals surface area contributed by atoms with E-state index < -0.39 is 43.8 Å². The number of nitrogens with zero attached hydrogens (tertiary/aromatic N) is 5. The quantitative estimate of drug-likeness (QED) is 0.139. The Morgan fingerprint density at radius 1 is 0.980 bits per heavy atom. The van der Waals surface area contributed by atoms with E-state index in [0.29, 0.717) is 55.6 Å². The predicted octanol–water partition coefficient (Wildman–Crippen LogP) is 7.37. The summed E-state index contributed by atoms with van der Waals surface area (Å²) in [7, 11) is 1.70. The molecule has 0 radical (unpaired) electrons. The van der Waals surface area contributed by atoms with Gasteiger partial charge in [0.15, 0.2) is 4.90 Å². The zero-order chi connectivity index (χ0) is 37.1. The van der Waals surface area contributed by atoms with Crippen molar-refractivity contribution < 1.29 is 39.8 Å². The second kappa shape index (κ2) is 15.2. The van der Waals surface area contributed by atoms with Gasteiger partial charge in [0.1, 0.15) is 35.3 Å². The first kappa shape index (κ1) is 38.0. The van der Waals surface area contributed by atoms with E-state index in [9.17, 15) is 21.6 Å². The summed E-state index contributed by atoms with van der Waals surface area (Å²) in [5, 5.41) is 0.00813. The molecule has 1 saturated heterocycles. The highest BCUT2D eigenvalue weighted by Crippen LogP contribution is 2.38. The van der Waals surface area contributed by atoms with E-state index in [1.807, 2.05) is 19.0 Å². The number of likely N-dealkylation sites (N-methyl/N-ethyl adjacent to an activating group) is 1. The van der Waals surface area contributed by atoms with Gasteiger partial charge in [0.2, 0.25) is 0 Å². The van der Waals surface area contributed by atoms with Crippen molar-refractivity contribution in [3.8, 4) is 11.5 Å². The van der Waals surface area contributed by atoms with Gasteiger partial charge >= 0.3 is 6.18 Å². The molecular formula is C35H37ClF5N5O4S. The third-order valence-corrected chi connectivity index (χ3v) is 11.4. The molecule has 274 valence electrons. The number of methoxy groups -OCH3 is 2. The summed E-state index contributed by atoms with van der Waals surface area (Å²) in [6.07, 6.45) is 0.0992. The molecule has 0 spiro atoms. The number of hydrogen-bond donors (Lipinski definition) is 0. The van der Waals surface area contributed by atoms with Gasteiger partial charge in [0.05, 0.1) is 26.3 Å². The predicted molar refractivity (Wildman–Crippen MR) is 184 cm³/mol. The molecule has 9 nitrogen and oxygen atoms in total. The monoisotopic (exact) mass is 753 g/mol. The molecule has 4 aromatic rings. The van der Waals surface area contributed by atoms with Crippen LogP contribution in [0.15, 0.2) is 72.0 Å². The Morgan fingerprint density at radius 3 is 2.27 bits per heavy atom. The normalized spacial score (nSPS) is 16.7. The topological polar surface area (TPSA) is 88.1 Å². The lowest BCUT2D eigenvalue weighted by Crippen LogP contribution is -2.56. The van der Waals surface area contributed by atoms with Crippen LogP contribution < -0.4 is 18.7 Å². The number of sulfonamides is 1. The zero-order valence-corrected chi connectivity index (χ0v) is 29.9. The smallest absolute Gasteiger partial charge is 0.416 e. The average molecular weight is 754 g/mol. The van der Waals surface area contributed by atoms with Crippen LogP contribution in [-0.4, -0.2) is 70.2 Å². The van der Waals surface area contributed by atoms with E-state index in [-0.39, 0.29) is 28.8 Å². The lowest BCUT2D eigenvalue weighted by atomic mass is 9.82. The molecule has 0 unspecified atom stereocenters. The lowest BCUT2D eigenvalue weighted by molar-refractivity contribution is -0.137. The van der Waals surface area contributed by atoms with E-state index in [0.717, 1.165) is 34.9 Å². The number of piperidine rings is 1. The van der Waals surface area contributed by atoms with Crippen LogP contribution in [0.5, 0.6) is 11.5 Å². The Labute approximate surface area is 298 Å². The van der Waals surface area contributed by atoms with Crippen molar-refractivity contribution in [2.45, 2.75) is 48.8 Å². The Bertz CT molecular complexity index is 1950. The van der Waals surface area contributed by atoms with E-state index in [2.05, 4.69) is 9.97 Å². The summed E-state index contributed by atoms with van der Waals surface area (Å²) in [4.78, 5) is 10.5. The molecule has 51 heavy (non-hydrogen) atoms. The van der Waals surface area contributed by atoms with Crippen LogP contribution in [0.3, 0.4) is 0 Å². The standard InChI is InChI=1S/C35H37ClF5N5O4S/c1-44(2)34(13-10-23-6-8-25(16-28(23)36)35(39,40)41)12-5-15-45(21-34)26-17-29(37)33(30(38)18-26)51(47,48)46(32-11-14-42-22-43-32)20-24-7-9-27(49-3)19-31(24)50-4/h6-9,11,14,16-19,22H,5,10,12-13,15,20-21H2,1-4H3/t34-/m0/s1. The fraction of sp³-hybridized carbons (Fsp3) is 0.371. The summed E-state index contributed by atoms with van der Waals surface area (Å²) in [5.41, 5.74) is -0.298. The fourth-order valence-electron chi connectivity index (χ4n) is 6.36. The third-order valence-electron chi connectivity index (χ3n) is 9.27. The maximum absolute atomic E-state index is 16.1. The minimum atomic E-state index is -4.90. The number of aryl methyl sites for hydroxylation is 1. The maximum Gasteiger partial charge on any atom is 0.416 e. The SMILES string of the molecule is COc1ccc(CN(c2ccncn2)S(=O)(=O)c2c(F)cc(N3CCC[C@@](CCc4ccc(C(F)(F)F)cc4Cl)(N(C)C)C3)cc2F)c(OC)c1. The number of alkyl halides is 3. The van der Waals surface area contributed by atoms with Crippen molar-refractivity contribution in [2.24, 2.45) is 0 Å². The van der Waals surface area contributed by atoms with Crippen LogP contribution in [0.2, 0.25) is 5.02 Å². The molecule has 0 amide bonds. The number of ether oxygens (including phenoxy) is 2. The number of anilines is 2. The van der Waals surface area contributed by atoms with Crippen molar-refractivity contribution in [1.82, 2.24) is 14.9 Å². The number of aromatic nitrogens is 2. The number of rotatable bonds is 12. The molecule has 1 aromatic heterocycles. The molecule has 3 aromatic carbocycles. The maximum atomic E-state index is 16.1. The molecule has 0 bridgehead atoms. The van der Waals surface area contributed by atoms with Crippen molar-refractivity contribution in [2.75, 3.05) is 50.6 Å². The van der Waals surface area contributed by atoms with Crippen LogP contribution in [0.1, 0.15) is 36.0 Å². The molecule has 5 rings (SSSR count). The first-order valence-corrected chi connectivity index (χ1v) is 17.7. The van der Waals surface area contributed by atoms with Gasteiger partial charge < -0.3 is 19.3 Å². The molecule has 1 fully saturated rings. The highest BCUT2D eigenvalue weighted by atomic mass is 35.5. The minimum Gasteiger partial charge on any atom is -0.497 e. The summed E-state index contributed by atoms with van der Waals surface area (Å²) in [5.74, 6) is -1.95. The van der Waals surface area contributed by atoms with Crippen LogP contribution in [0.25, 0.3) is 0 Å². The second-order valence-corrected chi connectivity index (χ2v) is 14.6. The van der Waals surface area contributed by atoms with Crippen molar-refractivity contribution in [1.29, 1.82) is 0 Å². The summed E-state index contributed by atoms with van der Waals surface area (Å²) in [6.45, 7) is 0.368. The van der Waals surface area contributed by atoms with E-state index >= 15 is 8.78 Å². The van der Waals surface area contributed by atoms with Crippen LogP contribution >= 0.6 is 11.6 Å². The molecule has 0 N–H and O–H groups in total. The van der Waals surface area contributed by atoms with Crippen molar-refractivity contribution in [3.05, 3.63) is 100 Å². The molecule has 1 aliphatic heterocycles. The highest BCUT2D eigenvalue weighted by Gasteiger charge is 2.39. The number of halogens is 6. The summed E-state index contributed by atoms with van der Waals surface area (Å²) < 4.78 is 111. The van der Waals surface area contributed by atoms with Crippen molar-refractivity contribution >= 4 is 33.1 Å². The van der Waals surface area contributed by atoms with Crippen molar-refractivity contribution in [3.63, 3.8) is 0 Å². The lowest BCUT2D eigenvalue weighted by Gasteiger charge is -2.48. The van der Waals surface area contributed by atoms with E-state index in [1.54, 1.807) is 23.1 Å². The van der Waals surface area contributed by atoms with Gasteiger partial charge in [-0.05, 0) is 81.7 Å². The second-order valence-electron chi connectivity index (χ2n) is 12.4. The molecule has 16 heteroatoms. The van der Waals surface area contributed by atoms with Gasteiger partial charge in [0, 0.05) is 53.2 Å². The zero-order valence-electron chi connectivity index (χ0n) is 28.3. The number of hydrogen-bond acceptors (Lipinski definition) is 8. The molecular weight excluding hydrogens is 717 g/mol. The summed E-state index contributed by atoms with van der Waals surface area (Å²) in [6, 6.07) is 11.3. The number of benzene rings is 3. The Hall–Kier alpha value is -4.21. The average Bonchev–Trinajstić information content (AvgIpc) is 3.09. The van der Waals surface area contributed by atoms with Gasteiger partial charge in [-0.3, -0.25) is 0 Å². The molecule has 0 aliphatic carbocycles. The van der Waals surface area contributed by atoms with E-state index in [4.69, 9.17) is 21.1 Å². The largest absolute Gasteiger partial charge is 0.497 e. The molecule has 0 saturated carbocycles. The van der Waals surface area contributed by atoms with Gasteiger partial charge in [-0.1, -0.05) is 17.7 Å². The Balaban J connectivity index is 1.44. The highest BCUT2D eigenvalue weighted by molar-refractivity contribution is 7.92. The van der Waals surface area contributed by atoms with Gasteiger partial charge in [0.25, 0.3) is 10.0 Å². The molecule has 1 aliphatic rings. The fourth-order valence-corrected chi connectivity index (χ4v) is 8.13. The Morgan fingerprint density at radius 2 is 1.69 bits per heavy atom. The van der Waals surface area contributed by atoms with Gasteiger partial charge in [-0.25, -0.2) is 31.5 Å². The van der Waals surface area contributed by atoms with Crippen LogP contribution in [0.4, 0.5) is 33.5 Å². The summed E-state index contributed by atoms with van der Waals surface area (Å²) >= 11 is 6.24. The van der Waals surface area contributed by atoms with E-state index in [1.165, 1.54) is 32.5 Å². The van der Waals surface area contributed by atoms with Crippen LogP contribution in [-0.2, 0) is 29.2 Å². The third kappa shape index (κ3) is 8.15. The Kier molecular flexibility index (Phi) is 11.3. The first-order chi connectivity index (χ1) is 24.1. The van der Waals surface area contributed by atoms with Gasteiger partial charge in [-0.2, -0.15) is 13.2 Å².